The van der Waals surface area contributed by atoms with Crippen LogP contribution in [0.5, 0.6) is 5.75 Å². The summed E-state index contributed by atoms with van der Waals surface area (Å²) >= 11 is 2.68. The predicted octanol–water partition coefficient (Wildman–Crippen LogP) is 4.85. The topological polar surface area (TPSA) is 94.4 Å². The number of carbonyl (C=O) groups excluding carboxylic acids is 1. The van der Waals surface area contributed by atoms with E-state index < -0.39 is 4.92 Å². The average molecular weight is 415 g/mol. The first-order valence-corrected chi connectivity index (χ1v) is 10.0. The minimum absolute atomic E-state index is 0.0234. The van der Waals surface area contributed by atoms with Crippen LogP contribution in [0.25, 0.3) is 11.3 Å². The summed E-state index contributed by atoms with van der Waals surface area (Å²) in [4.78, 5) is 27.9. The fourth-order valence-corrected chi connectivity index (χ4v) is 3.93. The van der Waals surface area contributed by atoms with E-state index in [1.807, 2.05) is 29.6 Å². The van der Waals surface area contributed by atoms with Gasteiger partial charge < -0.3 is 10.1 Å². The number of thioether (sulfide) groups is 1. The van der Waals surface area contributed by atoms with Crippen LogP contribution < -0.4 is 10.1 Å². The molecule has 0 saturated heterocycles. The van der Waals surface area contributed by atoms with Crippen molar-refractivity contribution in [2.75, 3.05) is 12.4 Å². The zero-order chi connectivity index (χ0) is 20.1. The molecule has 1 amide bonds. The van der Waals surface area contributed by atoms with Crippen molar-refractivity contribution < 1.29 is 14.5 Å². The highest BCUT2D eigenvalue weighted by Gasteiger charge is 2.17. The Hall–Kier alpha value is -2.91. The summed E-state index contributed by atoms with van der Waals surface area (Å²) in [5.74, 6) is 0.587. The van der Waals surface area contributed by atoms with Crippen LogP contribution in [0, 0.1) is 10.1 Å². The van der Waals surface area contributed by atoms with Crippen molar-refractivity contribution >= 4 is 39.8 Å². The van der Waals surface area contributed by atoms with Gasteiger partial charge in [0.1, 0.15) is 5.75 Å². The van der Waals surface area contributed by atoms with Gasteiger partial charge in [-0.2, -0.15) is 0 Å². The zero-order valence-corrected chi connectivity index (χ0v) is 16.8. The number of carbonyl (C=O) groups is 1. The smallest absolute Gasteiger partial charge is 0.269 e. The molecule has 0 saturated carbocycles. The standard InChI is InChI=1S/C19H17N3O4S2/c1-12(28-16-9-5-14(6-10-16)22(24)25)18(23)21-19-20-17(11-27-19)13-3-7-15(26-2)8-4-13/h3-12H,1-2H3,(H,20,21,23)/t12-/m1/s1. The minimum Gasteiger partial charge on any atom is -0.497 e. The summed E-state index contributed by atoms with van der Waals surface area (Å²) in [6, 6.07) is 13.7. The van der Waals surface area contributed by atoms with Crippen molar-refractivity contribution in [3.63, 3.8) is 0 Å². The number of benzene rings is 2. The van der Waals surface area contributed by atoms with Crippen molar-refractivity contribution in [3.8, 4) is 17.0 Å². The van der Waals surface area contributed by atoms with E-state index in [0.29, 0.717) is 5.13 Å². The zero-order valence-electron chi connectivity index (χ0n) is 15.1. The fraction of sp³-hybridized carbons (Fsp3) is 0.158. The van der Waals surface area contributed by atoms with Gasteiger partial charge in [0.25, 0.3) is 5.69 Å². The quantitative estimate of drug-likeness (QED) is 0.337. The number of thiazole rings is 1. The van der Waals surface area contributed by atoms with Crippen molar-refractivity contribution in [2.24, 2.45) is 0 Å². The number of aromatic nitrogens is 1. The summed E-state index contributed by atoms with van der Waals surface area (Å²) in [6.45, 7) is 1.78. The van der Waals surface area contributed by atoms with Gasteiger partial charge in [-0.1, -0.05) is 0 Å². The molecule has 3 rings (SSSR count). The number of non-ortho nitro benzene ring substituents is 1. The molecule has 7 nitrogen and oxygen atoms in total. The molecule has 1 aromatic heterocycles. The maximum atomic E-state index is 12.4. The largest absolute Gasteiger partial charge is 0.497 e. The van der Waals surface area contributed by atoms with Gasteiger partial charge in [-0.3, -0.25) is 14.9 Å². The second kappa shape index (κ2) is 8.85. The van der Waals surface area contributed by atoms with Gasteiger partial charge in [0.2, 0.25) is 5.91 Å². The van der Waals surface area contributed by atoms with Gasteiger partial charge in [0, 0.05) is 28.0 Å². The fourth-order valence-electron chi connectivity index (χ4n) is 2.34. The number of amides is 1. The van der Waals surface area contributed by atoms with E-state index in [4.69, 9.17) is 4.74 Å². The number of anilines is 1. The summed E-state index contributed by atoms with van der Waals surface area (Å²) in [5, 5.41) is 15.5. The van der Waals surface area contributed by atoms with E-state index in [9.17, 15) is 14.9 Å². The highest BCUT2D eigenvalue weighted by Crippen LogP contribution is 2.29. The summed E-state index contributed by atoms with van der Waals surface area (Å²) in [5.41, 5.74) is 1.74. The van der Waals surface area contributed by atoms with Crippen LogP contribution in [-0.4, -0.2) is 28.2 Å². The van der Waals surface area contributed by atoms with Crippen LogP contribution in [0.1, 0.15) is 6.92 Å². The first-order valence-electron chi connectivity index (χ1n) is 8.28. The minimum atomic E-state index is -0.451. The Morgan fingerprint density at radius 2 is 1.89 bits per heavy atom. The van der Waals surface area contributed by atoms with Crippen molar-refractivity contribution in [3.05, 3.63) is 64.0 Å². The number of rotatable bonds is 7. The monoisotopic (exact) mass is 415 g/mol. The lowest BCUT2D eigenvalue weighted by molar-refractivity contribution is -0.384. The van der Waals surface area contributed by atoms with Crippen molar-refractivity contribution in [1.82, 2.24) is 4.98 Å². The third-order valence-electron chi connectivity index (χ3n) is 3.85. The van der Waals surface area contributed by atoms with Gasteiger partial charge in [0.15, 0.2) is 5.13 Å². The number of ether oxygens (including phenoxy) is 1. The third-order valence-corrected chi connectivity index (χ3v) is 5.72. The van der Waals surface area contributed by atoms with Gasteiger partial charge in [0.05, 0.1) is 23.0 Å². The molecule has 0 radical (unpaired) electrons. The molecular weight excluding hydrogens is 398 g/mol. The highest BCUT2D eigenvalue weighted by atomic mass is 32.2. The maximum Gasteiger partial charge on any atom is 0.269 e. The number of nitrogens with zero attached hydrogens (tertiary/aromatic N) is 2. The summed E-state index contributed by atoms with van der Waals surface area (Å²) < 4.78 is 5.15. The van der Waals surface area contributed by atoms with Crippen LogP contribution >= 0.6 is 23.1 Å². The van der Waals surface area contributed by atoms with E-state index in [2.05, 4.69) is 10.3 Å². The predicted molar refractivity (Wildman–Crippen MR) is 111 cm³/mol. The lowest BCUT2D eigenvalue weighted by Crippen LogP contribution is -2.22. The molecule has 0 unspecified atom stereocenters. The number of nitrogens with one attached hydrogen (secondary N) is 1. The Morgan fingerprint density at radius 1 is 1.21 bits per heavy atom. The molecule has 144 valence electrons. The highest BCUT2D eigenvalue weighted by molar-refractivity contribution is 8.00. The van der Waals surface area contributed by atoms with Gasteiger partial charge >= 0.3 is 0 Å². The first-order chi connectivity index (χ1) is 13.5. The van der Waals surface area contributed by atoms with E-state index in [-0.39, 0.29) is 16.8 Å². The summed E-state index contributed by atoms with van der Waals surface area (Å²) in [6.07, 6.45) is 0. The third kappa shape index (κ3) is 4.87. The lowest BCUT2D eigenvalue weighted by atomic mass is 10.2. The van der Waals surface area contributed by atoms with Crippen LogP contribution in [0.15, 0.2) is 58.8 Å². The maximum absolute atomic E-state index is 12.4. The number of methoxy groups -OCH3 is 1. The molecule has 0 spiro atoms. The number of hydrogen-bond donors (Lipinski definition) is 1. The second-order valence-electron chi connectivity index (χ2n) is 5.77. The van der Waals surface area contributed by atoms with Crippen LogP contribution in [0.3, 0.4) is 0 Å². The second-order valence-corrected chi connectivity index (χ2v) is 8.04. The Kier molecular flexibility index (Phi) is 6.27. The SMILES string of the molecule is COc1ccc(-c2csc(NC(=O)[C@@H](C)Sc3ccc([N+](=O)[O-])cc3)n2)cc1. The van der Waals surface area contributed by atoms with E-state index in [1.165, 1.54) is 35.2 Å². The molecule has 28 heavy (non-hydrogen) atoms. The molecule has 0 aliphatic heterocycles. The van der Waals surface area contributed by atoms with Crippen molar-refractivity contribution in [1.29, 1.82) is 0 Å². The molecule has 0 fully saturated rings. The van der Waals surface area contributed by atoms with Crippen molar-refractivity contribution in [2.45, 2.75) is 17.1 Å². The van der Waals surface area contributed by atoms with Gasteiger partial charge in [-0.25, -0.2) is 4.98 Å². The Labute approximate surface area is 169 Å². The molecular formula is C19H17N3O4S2. The molecule has 0 aliphatic rings. The van der Waals surface area contributed by atoms with Gasteiger partial charge in [-0.05, 0) is 43.3 Å². The van der Waals surface area contributed by atoms with E-state index >= 15 is 0 Å². The average Bonchev–Trinajstić information content (AvgIpc) is 3.17. The van der Waals surface area contributed by atoms with E-state index in [0.717, 1.165) is 21.9 Å². The molecule has 1 atom stereocenters. The number of hydrogen-bond acceptors (Lipinski definition) is 7. The normalized spacial score (nSPS) is 11.6. The molecule has 9 heteroatoms. The van der Waals surface area contributed by atoms with Crippen LogP contribution in [0.2, 0.25) is 0 Å². The first kappa shape index (κ1) is 19.8. The molecule has 0 aliphatic carbocycles. The molecule has 2 aromatic carbocycles. The van der Waals surface area contributed by atoms with Crippen LogP contribution in [-0.2, 0) is 4.79 Å². The molecule has 1 N–H and O–H groups in total. The molecule has 0 bridgehead atoms. The lowest BCUT2D eigenvalue weighted by Gasteiger charge is -2.10. The Morgan fingerprint density at radius 3 is 2.50 bits per heavy atom. The molecule has 1 heterocycles. The molecule has 3 aromatic rings. The summed E-state index contributed by atoms with van der Waals surface area (Å²) in [7, 11) is 1.61. The van der Waals surface area contributed by atoms with Gasteiger partial charge in [-0.15, -0.1) is 23.1 Å². The number of nitro benzene ring substituents is 1. The van der Waals surface area contributed by atoms with Crippen LogP contribution in [0.4, 0.5) is 10.8 Å². The Balaban J connectivity index is 1.60. The van der Waals surface area contributed by atoms with E-state index in [1.54, 1.807) is 26.2 Å². The Bertz CT molecular complexity index is 972. The number of nitro groups is 1.